The van der Waals surface area contributed by atoms with E-state index < -0.39 is 6.04 Å². The highest BCUT2D eigenvalue weighted by atomic mass is 16.5. The summed E-state index contributed by atoms with van der Waals surface area (Å²) in [6.45, 7) is 1.83. The maximum atomic E-state index is 14.2. The lowest BCUT2D eigenvalue weighted by molar-refractivity contribution is -0.119. The highest BCUT2D eigenvalue weighted by Gasteiger charge is 2.42. The Morgan fingerprint density at radius 1 is 0.875 bits per heavy atom. The van der Waals surface area contributed by atoms with E-state index in [9.17, 15) is 9.59 Å². The Kier molecular flexibility index (Phi) is 7.69. The van der Waals surface area contributed by atoms with Crippen LogP contribution in [-0.2, 0) is 9.59 Å². The number of anilines is 2. The van der Waals surface area contributed by atoms with Crippen LogP contribution in [0.3, 0.4) is 0 Å². The van der Waals surface area contributed by atoms with Crippen molar-refractivity contribution in [1.29, 1.82) is 0 Å². The molecule has 0 radical (unpaired) electrons. The Morgan fingerprint density at radius 2 is 1.55 bits per heavy atom. The number of para-hydroxylation sites is 2. The molecule has 0 fully saturated rings. The van der Waals surface area contributed by atoms with Gasteiger partial charge in [-0.1, -0.05) is 31.2 Å². The predicted octanol–water partition coefficient (Wildman–Crippen LogP) is 6.03. The van der Waals surface area contributed by atoms with Crippen LogP contribution >= 0.6 is 0 Å². The van der Waals surface area contributed by atoms with Crippen molar-refractivity contribution in [3.63, 3.8) is 0 Å². The second-order valence-corrected chi connectivity index (χ2v) is 9.81. The summed E-state index contributed by atoms with van der Waals surface area (Å²) in [5.74, 6) is 1.97. The van der Waals surface area contributed by atoms with Gasteiger partial charge in [0.05, 0.1) is 45.9 Å². The summed E-state index contributed by atoms with van der Waals surface area (Å²) in [5.41, 5.74) is 4.60. The molecule has 40 heavy (non-hydrogen) atoms. The van der Waals surface area contributed by atoms with E-state index in [1.807, 2.05) is 67.6 Å². The Morgan fingerprint density at radius 3 is 2.15 bits per heavy atom. The van der Waals surface area contributed by atoms with Crippen LogP contribution in [0.15, 0.2) is 71.9 Å². The highest BCUT2D eigenvalue weighted by molar-refractivity contribution is 6.06. The van der Waals surface area contributed by atoms with E-state index in [-0.39, 0.29) is 24.0 Å². The van der Waals surface area contributed by atoms with E-state index in [0.717, 1.165) is 22.7 Å². The number of methoxy groups -OCH3 is 4. The van der Waals surface area contributed by atoms with E-state index in [2.05, 4.69) is 5.32 Å². The van der Waals surface area contributed by atoms with E-state index in [1.54, 1.807) is 33.3 Å². The van der Waals surface area contributed by atoms with E-state index in [1.165, 1.54) is 0 Å². The fraction of sp³-hybridized carbons (Fsp3) is 0.312. The van der Waals surface area contributed by atoms with Gasteiger partial charge >= 0.3 is 0 Å². The smallest absolute Gasteiger partial charge is 0.227 e. The summed E-state index contributed by atoms with van der Waals surface area (Å²) in [4.78, 5) is 29.6. The van der Waals surface area contributed by atoms with Crippen molar-refractivity contribution < 1.29 is 28.5 Å². The molecule has 0 aromatic heterocycles. The Hall–Kier alpha value is -4.46. The number of nitrogens with zero attached hydrogens (tertiary/aromatic N) is 1. The summed E-state index contributed by atoms with van der Waals surface area (Å²) in [6, 6.07) is 18.5. The van der Waals surface area contributed by atoms with E-state index in [4.69, 9.17) is 18.9 Å². The van der Waals surface area contributed by atoms with Gasteiger partial charge in [0.1, 0.15) is 5.75 Å². The molecule has 0 saturated carbocycles. The summed E-state index contributed by atoms with van der Waals surface area (Å²) in [5, 5.41) is 3.56. The normalized spacial score (nSPS) is 18.2. The lowest BCUT2D eigenvalue weighted by atomic mass is 9.78. The molecule has 0 spiro atoms. The molecule has 1 aliphatic carbocycles. The lowest BCUT2D eigenvalue weighted by Crippen LogP contribution is -2.38. The van der Waals surface area contributed by atoms with E-state index in [0.29, 0.717) is 46.9 Å². The second kappa shape index (κ2) is 11.3. The third kappa shape index (κ3) is 4.74. The molecule has 2 aliphatic rings. The van der Waals surface area contributed by atoms with Gasteiger partial charge < -0.3 is 24.3 Å². The van der Waals surface area contributed by atoms with Gasteiger partial charge in [0.15, 0.2) is 17.3 Å². The Balaban J connectivity index is 1.73. The van der Waals surface area contributed by atoms with Gasteiger partial charge in [-0.05, 0) is 59.9 Å². The SMILES string of the molecule is CCC(=O)N1c2ccccc2NC2=C(C(=O)CC(c3ccc(OC)cc3)C2)C1c1cc(OC)c(OC)c(OC)c1. The van der Waals surface area contributed by atoms with Gasteiger partial charge in [0.25, 0.3) is 0 Å². The van der Waals surface area contributed by atoms with Crippen molar-refractivity contribution in [1.82, 2.24) is 0 Å². The fourth-order valence-corrected chi connectivity index (χ4v) is 5.72. The van der Waals surface area contributed by atoms with Gasteiger partial charge in [-0.2, -0.15) is 0 Å². The standard InChI is InChI=1S/C32H34N2O6/c1-6-29(36)34-25-10-8-7-9-23(25)33-24-15-20(19-11-13-22(37-2)14-12-19)16-26(35)30(24)31(34)21-17-27(38-3)32(40-5)28(18-21)39-4/h7-14,17-18,20,31,33H,6,15-16H2,1-5H3. The third-order valence-corrected chi connectivity index (χ3v) is 7.65. The van der Waals surface area contributed by atoms with E-state index >= 15 is 0 Å². The van der Waals surface area contributed by atoms with Gasteiger partial charge in [-0.3, -0.25) is 14.5 Å². The monoisotopic (exact) mass is 542 g/mol. The molecule has 1 amide bonds. The number of ether oxygens (including phenoxy) is 4. The zero-order chi connectivity index (χ0) is 28.4. The minimum Gasteiger partial charge on any atom is -0.497 e. The van der Waals surface area contributed by atoms with Gasteiger partial charge in [0.2, 0.25) is 11.7 Å². The number of Topliss-reactive ketones (excluding diaryl/α,β-unsaturated/α-hetero) is 1. The molecule has 5 rings (SSSR count). The number of allylic oxidation sites excluding steroid dienone is 1. The molecule has 3 aromatic rings. The number of amides is 1. The van der Waals surface area contributed by atoms with Crippen LogP contribution in [0.2, 0.25) is 0 Å². The molecule has 3 aromatic carbocycles. The van der Waals surface area contributed by atoms with Crippen molar-refractivity contribution in [2.75, 3.05) is 38.7 Å². The average molecular weight is 543 g/mol. The number of hydrogen-bond acceptors (Lipinski definition) is 7. The van der Waals surface area contributed by atoms with Crippen LogP contribution in [-0.4, -0.2) is 40.1 Å². The molecule has 1 heterocycles. The number of rotatable bonds is 7. The van der Waals surface area contributed by atoms with Gasteiger partial charge in [0, 0.05) is 24.1 Å². The lowest BCUT2D eigenvalue weighted by Gasteiger charge is -2.35. The summed E-state index contributed by atoms with van der Waals surface area (Å²) >= 11 is 0. The molecule has 1 aliphatic heterocycles. The zero-order valence-electron chi connectivity index (χ0n) is 23.4. The number of fused-ring (bicyclic) bond motifs is 1. The molecule has 208 valence electrons. The highest BCUT2D eigenvalue weighted by Crippen LogP contribution is 2.50. The van der Waals surface area contributed by atoms with Gasteiger partial charge in [-0.25, -0.2) is 0 Å². The number of ketones is 1. The number of benzene rings is 3. The first-order valence-electron chi connectivity index (χ1n) is 13.3. The molecular formula is C32H34N2O6. The fourth-order valence-electron chi connectivity index (χ4n) is 5.72. The first-order chi connectivity index (χ1) is 19.4. The number of nitrogens with one attached hydrogen (secondary N) is 1. The first-order valence-corrected chi connectivity index (χ1v) is 13.3. The van der Waals surface area contributed by atoms with Crippen LogP contribution in [0.1, 0.15) is 49.3 Å². The van der Waals surface area contributed by atoms with Crippen LogP contribution < -0.4 is 29.2 Å². The Bertz CT molecular complexity index is 1440. The van der Waals surface area contributed by atoms with Crippen molar-refractivity contribution in [3.05, 3.63) is 83.1 Å². The first kappa shape index (κ1) is 27.1. The van der Waals surface area contributed by atoms with Crippen LogP contribution in [0.5, 0.6) is 23.0 Å². The van der Waals surface area contributed by atoms with Crippen LogP contribution in [0.4, 0.5) is 11.4 Å². The van der Waals surface area contributed by atoms with Crippen LogP contribution in [0, 0.1) is 0 Å². The topological polar surface area (TPSA) is 86.3 Å². The summed E-state index contributed by atoms with van der Waals surface area (Å²) in [7, 11) is 6.28. The largest absolute Gasteiger partial charge is 0.497 e. The quantitative estimate of drug-likeness (QED) is 0.390. The van der Waals surface area contributed by atoms with Gasteiger partial charge in [-0.15, -0.1) is 0 Å². The molecule has 0 saturated heterocycles. The minimum atomic E-state index is -0.698. The van der Waals surface area contributed by atoms with Crippen molar-refractivity contribution in [2.45, 2.75) is 38.1 Å². The summed E-state index contributed by atoms with van der Waals surface area (Å²) < 4.78 is 22.2. The molecular weight excluding hydrogens is 508 g/mol. The second-order valence-electron chi connectivity index (χ2n) is 9.81. The van der Waals surface area contributed by atoms with Crippen molar-refractivity contribution >= 4 is 23.1 Å². The maximum Gasteiger partial charge on any atom is 0.227 e. The zero-order valence-corrected chi connectivity index (χ0v) is 23.4. The van der Waals surface area contributed by atoms with Crippen molar-refractivity contribution in [3.8, 4) is 23.0 Å². The molecule has 2 atom stereocenters. The number of hydrogen-bond donors (Lipinski definition) is 1. The Labute approximate surface area is 234 Å². The average Bonchev–Trinajstić information content (AvgIpc) is 3.14. The minimum absolute atomic E-state index is 0.0185. The molecule has 2 unspecified atom stereocenters. The number of carbonyl (C=O) groups excluding carboxylic acids is 2. The molecule has 8 nitrogen and oxygen atoms in total. The predicted molar refractivity (Wildman–Crippen MR) is 154 cm³/mol. The maximum absolute atomic E-state index is 14.2. The number of carbonyl (C=O) groups is 2. The summed E-state index contributed by atoms with van der Waals surface area (Å²) in [6.07, 6.45) is 1.19. The van der Waals surface area contributed by atoms with Crippen molar-refractivity contribution in [2.24, 2.45) is 0 Å². The third-order valence-electron chi connectivity index (χ3n) is 7.65. The molecule has 0 bridgehead atoms. The molecule has 8 heteroatoms. The van der Waals surface area contributed by atoms with Crippen LogP contribution in [0.25, 0.3) is 0 Å². The molecule has 1 N–H and O–H groups in total.